The Morgan fingerprint density at radius 2 is 2.10 bits per heavy atom. The average Bonchev–Trinajstić information content (AvgIpc) is 3.05. The quantitative estimate of drug-likeness (QED) is 0.875. The van der Waals surface area contributed by atoms with Gasteiger partial charge < -0.3 is 14.4 Å². The lowest BCUT2D eigenvalue weighted by molar-refractivity contribution is 0.174. The number of nitrogens with one attached hydrogen (secondary N) is 1. The minimum absolute atomic E-state index is 0.00323. The summed E-state index contributed by atoms with van der Waals surface area (Å²) in [6.45, 7) is 0.760. The van der Waals surface area contributed by atoms with Crippen LogP contribution in [-0.2, 0) is 16.4 Å². The van der Waals surface area contributed by atoms with E-state index in [1.54, 1.807) is 0 Å². The molecule has 1 aromatic carbocycles. The molecule has 0 radical (unpaired) electrons. The molecule has 4 rings (SSSR count). The summed E-state index contributed by atoms with van der Waals surface area (Å²) in [5, 5.41) is 8.53. The smallest absolute Gasteiger partial charge is 0.231 e. The second-order valence-corrected chi connectivity index (χ2v) is 8.80. The number of thioether (sulfide) groups is 1. The molecule has 0 amide bonds. The molecule has 1 N–H and O–H groups in total. The molecule has 0 saturated carbocycles. The van der Waals surface area contributed by atoms with Gasteiger partial charge in [0.2, 0.25) is 6.79 Å². The fourth-order valence-corrected chi connectivity index (χ4v) is 6.82. The Labute approximate surface area is 126 Å². The minimum atomic E-state index is -2.97. The minimum Gasteiger partial charge on any atom is -0.454 e. The van der Waals surface area contributed by atoms with Crippen LogP contribution < -0.4 is 9.47 Å². The van der Waals surface area contributed by atoms with Crippen LogP contribution in [0.15, 0.2) is 18.2 Å². The van der Waals surface area contributed by atoms with Crippen LogP contribution in [0.5, 0.6) is 11.5 Å². The molecule has 21 heavy (non-hydrogen) atoms. The van der Waals surface area contributed by atoms with E-state index in [2.05, 4.69) is 0 Å². The fourth-order valence-electron chi connectivity index (χ4n) is 2.99. The van der Waals surface area contributed by atoms with Crippen molar-refractivity contribution in [2.24, 2.45) is 0 Å². The van der Waals surface area contributed by atoms with E-state index in [4.69, 9.17) is 14.9 Å². The summed E-state index contributed by atoms with van der Waals surface area (Å²) in [7, 11) is -2.97. The number of fused-ring (bicyclic) bond motifs is 2. The molecule has 2 saturated heterocycles. The topological polar surface area (TPSA) is 79.7 Å². The first kappa shape index (κ1) is 13.3. The molecule has 0 spiro atoms. The van der Waals surface area contributed by atoms with Crippen molar-refractivity contribution in [1.82, 2.24) is 4.90 Å². The normalized spacial score (nSPS) is 29.0. The third-order valence-corrected chi connectivity index (χ3v) is 7.15. The third-order valence-electron chi connectivity index (χ3n) is 3.99. The second-order valence-electron chi connectivity index (χ2n) is 5.42. The van der Waals surface area contributed by atoms with Crippen molar-refractivity contribution in [3.63, 3.8) is 0 Å². The lowest BCUT2D eigenvalue weighted by atomic mass is 10.1. The summed E-state index contributed by atoms with van der Waals surface area (Å²) in [5.74, 6) is 1.77. The zero-order chi connectivity index (χ0) is 14.6. The number of nitrogens with zero attached hydrogens (tertiary/aromatic N) is 1. The van der Waals surface area contributed by atoms with E-state index in [9.17, 15) is 8.42 Å². The molecule has 2 atom stereocenters. The number of benzene rings is 1. The lowest BCUT2D eigenvalue weighted by Crippen LogP contribution is -2.36. The van der Waals surface area contributed by atoms with Crippen molar-refractivity contribution in [2.75, 3.05) is 18.3 Å². The van der Waals surface area contributed by atoms with E-state index in [1.165, 1.54) is 11.8 Å². The standard InChI is InChI=1S/C13H14N2O4S2/c14-13-15(9-5-21(16,17)6-12(9)20-13)4-8-1-2-10-11(3-8)19-7-18-10/h1-3,9,12,14H,4-7H2/t9-,12+/m0/s1. The van der Waals surface area contributed by atoms with Crippen molar-refractivity contribution >= 4 is 26.8 Å². The maximum absolute atomic E-state index is 11.8. The van der Waals surface area contributed by atoms with Crippen molar-refractivity contribution in [3.8, 4) is 11.5 Å². The molecule has 0 unspecified atom stereocenters. The first-order chi connectivity index (χ1) is 10.0. The first-order valence-corrected chi connectivity index (χ1v) is 9.33. The summed E-state index contributed by atoms with van der Waals surface area (Å²) in [6, 6.07) is 5.60. The van der Waals surface area contributed by atoms with Gasteiger partial charge in [0, 0.05) is 11.8 Å². The van der Waals surface area contributed by atoms with Gasteiger partial charge in [0.15, 0.2) is 26.5 Å². The molecule has 3 aliphatic heterocycles. The van der Waals surface area contributed by atoms with E-state index in [0.717, 1.165) is 11.3 Å². The van der Waals surface area contributed by atoms with Crippen LogP contribution in [0, 0.1) is 5.41 Å². The second kappa shape index (κ2) is 4.54. The van der Waals surface area contributed by atoms with Crippen molar-refractivity contribution in [3.05, 3.63) is 23.8 Å². The molecular formula is C13H14N2O4S2. The molecule has 2 fully saturated rings. The van der Waals surface area contributed by atoms with Gasteiger partial charge in [-0.3, -0.25) is 5.41 Å². The van der Waals surface area contributed by atoms with Crippen molar-refractivity contribution in [2.45, 2.75) is 17.8 Å². The Bertz CT molecular complexity index is 719. The molecule has 6 nitrogen and oxygen atoms in total. The van der Waals surface area contributed by atoms with Gasteiger partial charge in [-0.15, -0.1) is 0 Å². The zero-order valence-corrected chi connectivity index (χ0v) is 12.7. The number of amidine groups is 1. The van der Waals surface area contributed by atoms with Crippen LogP contribution in [0.1, 0.15) is 5.56 Å². The van der Waals surface area contributed by atoms with Gasteiger partial charge >= 0.3 is 0 Å². The molecule has 1 aromatic rings. The Hall–Kier alpha value is -1.41. The van der Waals surface area contributed by atoms with Crippen molar-refractivity contribution < 1.29 is 17.9 Å². The average molecular weight is 326 g/mol. The molecule has 8 heteroatoms. The van der Waals surface area contributed by atoms with Crippen LogP contribution in [0.3, 0.4) is 0 Å². The maximum atomic E-state index is 11.8. The van der Waals surface area contributed by atoms with Gasteiger partial charge in [0.1, 0.15) is 0 Å². The largest absolute Gasteiger partial charge is 0.454 e. The fraction of sp³-hybridized carbons (Fsp3) is 0.462. The SMILES string of the molecule is N=C1S[C@@H]2CS(=O)(=O)C[C@@H]2N1Cc1ccc2c(c1)OCO2. The number of sulfone groups is 1. The third kappa shape index (κ3) is 2.26. The monoisotopic (exact) mass is 326 g/mol. The highest BCUT2D eigenvalue weighted by atomic mass is 32.2. The van der Waals surface area contributed by atoms with Crippen LogP contribution in [0.25, 0.3) is 0 Å². The predicted molar refractivity (Wildman–Crippen MR) is 79.7 cm³/mol. The highest BCUT2D eigenvalue weighted by Crippen LogP contribution is 2.39. The number of hydrogen-bond acceptors (Lipinski definition) is 6. The molecular weight excluding hydrogens is 312 g/mol. The summed E-state index contributed by atoms with van der Waals surface area (Å²) >= 11 is 1.37. The van der Waals surface area contributed by atoms with Crippen LogP contribution >= 0.6 is 11.8 Å². The number of ether oxygens (including phenoxy) is 2. The van der Waals surface area contributed by atoms with Gasteiger partial charge in [-0.1, -0.05) is 17.8 Å². The first-order valence-electron chi connectivity index (χ1n) is 6.63. The summed E-state index contributed by atoms with van der Waals surface area (Å²) in [4.78, 5) is 1.89. The van der Waals surface area contributed by atoms with Crippen LogP contribution in [-0.4, -0.2) is 48.1 Å². The van der Waals surface area contributed by atoms with Gasteiger partial charge in [-0.2, -0.15) is 0 Å². The van der Waals surface area contributed by atoms with Crippen LogP contribution in [0.2, 0.25) is 0 Å². The predicted octanol–water partition coefficient (Wildman–Crippen LogP) is 1.06. The van der Waals surface area contributed by atoms with E-state index in [0.29, 0.717) is 17.5 Å². The molecule has 0 aromatic heterocycles. The summed E-state index contributed by atoms with van der Waals surface area (Å²) < 4.78 is 34.1. The molecule has 112 valence electrons. The van der Waals surface area contributed by atoms with E-state index >= 15 is 0 Å². The van der Waals surface area contributed by atoms with E-state index in [1.807, 2.05) is 23.1 Å². The summed E-state index contributed by atoms with van der Waals surface area (Å²) in [6.07, 6.45) is 0. The number of hydrogen-bond donors (Lipinski definition) is 1. The molecule has 0 aliphatic carbocycles. The van der Waals surface area contributed by atoms with Crippen molar-refractivity contribution in [1.29, 1.82) is 5.41 Å². The molecule has 3 heterocycles. The molecule has 3 aliphatic rings. The maximum Gasteiger partial charge on any atom is 0.231 e. The molecule has 0 bridgehead atoms. The highest BCUT2D eigenvalue weighted by Gasteiger charge is 2.48. The lowest BCUT2D eigenvalue weighted by Gasteiger charge is -2.23. The Morgan fingerprint density at radius 3 is 2.95 bits per heavy atom. The van der Waals surface area contributed by atoms with Gasteiger partial charge in [-0.05, 0) is 17.7 Å². The van der Waals surface area contributed by atoms with Gasteiger partial charge in [0.25, 0.3) is 0 Å². The number of rotatable bonds is 2. The summed E-state index contributed by atoms with van der Waals surface area (Å²) in [5.41, 5.74) is 0.995. The Kier molecular flexibility index (Phi) is 2.87. The van der Waals surface area contributed by atoms with Gasteiger partial charge in [-0.25, -0.2) is 8.42 Å². The van der Waals surface area contributed by atoms with Gasteiger partial charge in [0.05, 0.1) is 17.5 Å². The van der Waals surface area contributed by atoms with Crippen LogP contribution in [0.4, 0.5) is 0 Å². The Balaban J connectivity index is 1.57. The zero-order valence-electron chi connectivity index (χ0n) is 11.1. The van der Waals surface area contributed by atoms with E-state index < -0.39 is 9.84 Å². The Morgan fingerprint density at radius 1 is 1.29 bits per heavy atom. The van der Waals surface area contributed by atoms with E-state index in [-0.39, 0.29) is 29.6 Å². The highest BCUT2D eigenvalue weighted by molar-refractivity contribution is 8.15.